The molecular weight excluding hydrogens is 200 g/mol. The van der Waals surface area contributed by atoms with Gasteiger partial charge >= 0.3 is 0 Å². The van der Waals surface area contributed by atoms with Crippen LogP contribution < -0.4 is 0 Å². The van der Waals surface area contributed by atoms with Crippen molar-refractivity contribution in [3.63, 3.8) is 0 Å². The SMILES string of the molecule is [B]Cc1[c-]cccc1O.[Y]. The van der Waals surface area contributed by atoms with E-state index in [9.17, 15) is 0 Å². The van der Waals surface area contributed by atoms with Gasteiger partial charge in [0.25, 0.3) is 0 Å². The minimum absolute atomic E-state index is 0. The van der Waals surface area contributed by atoms with Crippen molar-refractivity contribution in [2.45, 2.75) is 6.32 Å². The molecule has 0 unspecified atom stereocenters. The Morgan fingerprint density at radius 1 is 1.60 bits per heavy atom. The van der Waals surface area contributed by atoms with Gasteiger partial charge in [0.1, 0.15) is 0 Å². The maximum atomic E-state index is 9.00. The smallest absolute Gasteiger partial charge is 0.0689 e. The molecule has 0 aromatic heterocycles. The van der Waals surface area contributed by atoms with Crippen LogP contribution in [0.15, 0.2) is 18.2 Å². The van der Waals surface area contributed by atoms with Crippen LogP contribution in [-0.2, 0) is 39.0 Å². The number of benzene rings is 1. The van der Waals surface area contributed by atoms with Gasteiger partial charge in [0.05, 0.1) is 7.85 Å². The molecule has 0 aliphatic carbocycles. The van der Waals surface area contributed by atoms with Gasteiger partial charge in [0.15, 0.2) is 0 Å². The summed E-state index contributed by atoms with van der Waals surface area (Å²) in [7, 11) is 5.26. The molecule has 3 heteroatoms. The molecule has 3 radical (unpaired) electrons. The molecule has 1 aromatic carbocycles. The van der Waals surface area contributed by atoms with Crippen molar-refractivity contribution in [2.24, 2.45) is 0 Å². The Hall–Kier alpha value is 0.189. The average molecular weight is 206 g/mol. The number of phenols is 1. The van der Waals surface area contributed by atoms with Crippen molar-refractivity contribution in [2.75, 3.05) is 0 Å². The molecule has 1 N–H and O–H groups in total. The molecule has 1 nitrogen and oxygen atoms in total. The number of hydrogen-bond acceptors (Lipinski definition) is 1. The van der Waals surface area contributed by atoms with Crippen LogP contribution in [0.4, 0.5) is 0 Å². The van der Waals surface area contributed by atoms with Gasteiger partial charge in [-0.15, -0.1) is 11.6 Å². The fraction of sp³-hybridized carbons (Fsp3) is 0.143. The molecule has 1 rings (SSSR count). The van der Waals surface area contributed by atoms with Crippen molar-refractivity contribution < 1.29 is 37.8 Å². The zero-order chi connectivity index (χ0) is 6.69. The van der Waals surface area contributed by atoms with E-state index in [0.717, 1.165) is 0 Å². The van der Waals surface area contributed by atoms with E-state index in [4.69, 9.17) is 13.0 Å². The molecule has 0 fully saturated rings. The van der Waals surface area contributed by atoms with E-state index in [1.54, 1.807) is 18.2 Å². The van der Waals surface area contributed by atoms with Gasteiger partial charge in [-0.3, -0.25) is 0 Å². The maximum absolute atomic E-state index is 9.00. The Kier molecular flexibility index (Phi) is 5.01. The van der Waals surface area contributed by atoms with Gasteiger partial charge in [-0.2, -0.15) is 18.2 Å². The second-order valence-corrected chi connectivity index (χ2v) is 1.74. The normalized spacial score (nSPS) is 8.40. The Balaban J connectivity index is 0.000000810. The third kappa shape index (κ3) is 2.43. The van der Waals surface area contributed by atoms with Crippen LogP contribution >= 0.6 is 0 Å². The van der Waals surface area contributed by atoms with E-state index in [-0.39, 0.29) is 38.5 Å². The first-order chi connectivity index (χ1) is 4.34. The van der Waals surface area contributed by atoms with Crippen molar-refractivity contribution in [3.05, 3.63) is 29.8 Å². The summed E-state index contributed by atoms with van der Waals surface area (Å²) in [5, 5.41) is 9.00. The number of hydrogen-bond donors (Lipinski definition) is 1. The molecule has 0 aliphatic rings. The summed E-state index contributed by atoms with van der Waals surface area (Å²) in [6.07, 6.45) is 0.340. The fourth-order valence-electron chi connectivity index (χ4n) is 0.626. The maximum Gasteiger partial charge on any atom is 0.0689 e. The summed E-state index contributed by atoms with van der Waals surface area (Å²) in [6, 6.07) is 7.85. The first-order valence-corrected chi connectivity index (χ1v) is 2.73. The number of aromatic hydroxyl groups is 1. The van der Waals surface area contributed by atoms with E-state index in [2.05, 4.69) is 6.07 Å². The molecule has 47 valence electrons. The molecule has 0 bridgehead atoms. The zero-order valence-electron chi connectivity index (χ0n) is 5.54. The van der Waals surface area contributed by atoms with E-state index >= 15 is 0 Å². The largest absolute Gasteiger partial charge is 0.565 e. The second-order valence-electron chi connectivity index (χ2n) is 1.74. The zero-order valence-corrected chi connectivity index (χ0v) is 8.38. The second kappa shape index (κ2) is 4.92. The molecule has 0 saturated carbocycles. The molecule has 0 aliphatic heterocycles. The Bertz CT molecular complexity index is 203. The first-order valence-electron chi connectivity index (χ1n) is 2.73. The molecule has 0 heterocycles. The van der Waals surface area contributed by atoms with Crippen LogP contribution in [-0.4, -0.2) is 13.0 Å². The Morgan fingerprint density at radius 3 is 2.70 bits per heavy atom. The standard InChI is InChI=1S/C7H6BO.Y/c8-5-6-3-1-2-4-7(6)9;/h1-2,4,9H,5H2;/q-1;. The molecule has 0 atom stereocenters. The molecule has 1 aromatic rings. The summed E-state index contributed by atoms with van der Waals surface area (Å²) in [4.78, 5) is 0. The van der Waals surface area contributed by atoms with Gasteiger partial charge in [-0.1, -0.05) is 6.32 Å². The van der Waals surface area contributed by atoms with E-state index in [0.29, 0.717) is 11.9 Å². The topological polar surface area (TPSA) is 20.2 Å². The van der Waals surface area contributed by atoms with Crippen LogP contribution in [0.3, 0.4) is 0 Å². The Labute approximate surface area is 87.1 Å². The third-order valence-corrected chi connectivity index (χ3v) is 1.12. The van der Waals surface area contributed by atoms with E-state index in [1.165, 1.54) is 0 Å². The minimum atomic E-state index is 0. The minimum Gasteiger partial charge on any atom is -0.565 e. The van der Waals surface area contributed by atoms with Crippen LogP contribution in [0.5, 0.6) is 5.75 Å². The quantitative estimate of drug-likeness (QED) is 0.533. The van der Waals surface area contributed by atoms with Crippen LogP contribution in [0.25, 0.3) is 0 Å². The third-order valence-electron chi connectivity index (χ3n) is 1.12. The van der Waals surface area contributed by atoms with E-state index in [1.807, 2.05) is 0 Å². The van der Waals surface area contributed by atoms with Crippen molar-refractivity contribution >= 4 is 7.85 Å². The fourth-order valence-corrected chi connectivity index (χ4v) is 0.626. The summed E-state index contributed by atoms with van der Waals surface area (Å²) < 4.78 is 0. The monoisotopic (exact) mass is 206 g/mol. The van der Waals surface area contributed by atoms with Crippen LogP contribution in [0.2, 0.25) is 0 Å². The van der Waals surface area contributed by atoms with Crippen LogP contribution in [0, 0.1) is 6.07 Å². The van der Waals surface area contributed by atoms with Crippen LogP contribution in [0.1, 0.15) is 5.56 Å². The van der Waals surface area contributed by atoms with Crippen molar-refractivity contribution in [1.29, 1.82) is 0 Å². The van der Waals surface area contributed by atoms with Gasteiger partial charge in [-0.25, -0.2) is 0 Å². The molecule has 0 saturated heterocycles. The first kappa shape index (κ1) is 10.2. The van der Waals surface area contributed by atoms with E-state index < -0.39 is 0 Å². The summed E-state index contributed by atoms with van der Waals surface area (Å²) >= 11 is 0. The summed E-state index contributed by atoms with van der Waals surface area (Å²) in [6.45, 7) is 0. The Morgan fingerprint density at radius 2 is 2.30 bits per heavy atom. The van der Waals surface area contributed by atoms with Crippen molar-refractivity contribution in [3.8, 4) is 5.75 Å². The van der Waals surface area contributed by atoms with Gasteiger partial charge in [0, 0.05) is 38.5 Å². The summed E-state index contributed by atoms with van der Waals surface area (Å²) in [5.74, 6) is 0.222. The predicted octanol–water partition coefficient (Wildman–Crippen LogP) is 0.858. The predicted molar refractivity (Wildman–Crippen MR) is 36.4 cm³/mol. The molecule has 0 spiro atoms. The average Bonchev–Trinajstić information content (AvgIpc) is 1.89. The van der Waals surface area contributed by atoms with Gasteiger partial charge in [0.2, 0.25) is 0 Å². The van der Waals surface area contributed by atoms with Gasteiger partial charge in [-0.05, 0) is 0 Å². The number of rotatable bonds is 1. The molecule has 0 amide bonds. The molecular formula is C7H6BOY-. The molecule has 10 heavy (non-hydrogen) atoms. The van der Waals surface area contributed by atoms with Crippen molar-refractivity contribution in [1.82, 2.24) is 0 Å². The van der Waals surface area contributed by atoms with Gasteiger partial charge < -0.3 is 5.11 Å². The number of phenolic OH excluding ortho intramolecular Hbond substituents is 1. The summed E-state index contributed by atoms with van der Waals surface area (Å²) in [5.41, 5.74) is 0.664.